The van der Waals surface area contributed by atoms with Crippen molar-refractivity contribution in [2.75, 3.05) is 18.2 Å². The number of nitrogens with one attached hydrogen (secondary N) is 1. The van der Waals surface area contributed by atoms with Crippen LogP contribution in [0.1, 0.15) is 15.2 Å². The van der Waals surface area contributed by atoms with Crippen molar-refractivity contribution in [1.29, 1.82) is 0 Å². The lowest BCUT2D eigenvalue weighted by atomic mass is 10.1. The van der Waals surface area contributed by atoms with Gasteiger partial charge in [0.1, 0.15) is 0 Å². The quantitative estimate of drug-likeness (QED) is 0.670. The minimum Gasteiger partial charge on any atom is -0.465 e. The Kier molecular flexibility index (Phi) is 4.29. The first-order chi connectivity index (χ1) is 9.10. The number of halogens is 1. The van der Waals surface area contributed by atoms with E-state index in [1.165, 1.54) is 18.4 Å². The van der Waals surface area contributed by atoms with Gasteiger partial charge in [0.05, 0.1) is 28.4 Å². The lowest BCUT2D eigenvalue weighted by molar-refractivity contribution is 0.0601. The Labute approximate surface area is 120 Å². The minimum atomic E-state index is -0.387. The first kappa shape index (κ1) is 13.7. The average Bonchev–Trinajstić information content (AvgIpc) is 2.82. The second-order valence-electron chi connectivity index (χ2n) is 3.85. The molecule has 0 bridgehead atoms. The smallest absolute Gasteiger partial charge is 0.337 e. The number of benzene rings is 1. The third kappa shape index (κ3) is 3.39. The lowest BCUT2D eigenvalue weighted by Crippen LogP contribution is -2.05. The fourth-order valence-corrected chi connectivity index (χ4v) is 2.61. The second-order valence-corrected chi connectivity index (χ2v) is 5.65. The predicted molar refractivity (Wildman–Crippen MR) is 78.8 cm³/mol. The SMILES string of the molecule is COC(=O)c1ccc(N)c(NCc2ccc(Cl)s2)c1. The normalized spacial score (nSPS) is 10.2. The van der Waals surface area contributed by atoms with E-state index in [0.717, 1.165) is 9.21 Å². The van der Waals surface area contributed by atoms with E-state index in [0.29, 0.717) is 23.5 Å². The summed E-state index contributed by atoms with van der Waals surface area (Å²) in [4.78, 5) is 12.5. The number of thiophene rings is 1. The molecule has 0 spiro atoms. The summed E-state index contributed by atoms with van der Waals surface area (Å²) >= 11 is 7.36. The number of rotatable bonds is 4. The molecule has 4 nitrogen and oxygen atoms in total. The molecule has 1 aromatic carbocycles. The molecule has 0 saturated carbocycles. The highest BCUT2D eigenvalue weighted by atomic mass is 35.5. The van der Waals surface area contributed by atoms with Crippen LogP contribution in [0, 0.1) is 0 Å². The van der Waals surface area contributed by atoms with Crippen molar-refractivity contribution in [1.82, 2.24) is 0 Å². The van der Waals surface area contributed by atoms with E-state index in [2.05, 4.69) is 10.1 Å². The summed E-state index contributed by atoms with van der Waals surface area (Å²) in [6, 6.07) is 8.78. The summed E-state index contributed by atoms with van der Waals surface area (Å²) in [7, 11) is 1.35. The maximum absolute atomic E-state index is 11.4. The highest BCUT2D eigenvalue weighted by molar-refractivity contribution is 7.16. The largest absolute Gasteiger partial charge is 0.465 e. The highest BCUT2D eigenvalue weighted by Crippen LogP contribution is 2.25. The van der Waals surface area contributed by atoms with Gasteiger partial charge in [-0.3, -0.25) is 0 Å². The van der Waals surface area contributed by atoms with Crippen molar-refractivity contribution >= 4 is 40.3 Å². The molecular formula is C13H13ClN2O2S. The van der Waals surface area contributed by atoms with E-state index in [1.807, 2.05) is 12.1 Å². The summed E-state index contributed by atoms with van der Waals surface area (Å²) in [5.74, 6) is -0.387. The van der Waals surface area contributed by atoms with E-state index in [1.54, 1.807) is 18.2 Å². The molecule has 0 aliphatic heterocycles. The molecular weight excluding hydrogens is 284 g/mol. The van der Waals surface area contributed by atoms with Gasteiger partial charge in [0.2, 0.25) is 0 Å². The van der Waals surface area contributed by atoms with Crippen LogP contribution in [0.3, 0.4) is 0 Å². The van der Waals surface area contributed by atoms with Gasteiger partial charge in [-0.25, -0.2) is 4.79 Å². The molecule has 2 rings (SSSR count). The van der Waals surface area contributed by atoms with E-state index in [9.17, 15) is 4.79 Å². The van der Waals surface area contributed by atoms with Gasteiger partial charge in [-0.2, -0.15) is 0 Å². The molecule has 2 aromatic rings. The summed E-state index contributed by atoms with van der Waals surface area (Å²) in [6.07, 6.45) is 0. The maximum Gasteiger partial charge on any atom is 0.337 e. The molecule has 0 aliphatic rings. The van der Waals surface area contributed by atoms with E-state index in [-0.39, 0.29) is 5.97 Å². The molecule has 1 heterocycles. The summed E-state index contributed by atoms with van der Waals surface area (Å²) in [6.45, 7) is 0.603. The minimum absolute atomic E-state index is 0.387. The number of ether oxygens (including phenoxy) is 1. The molecule has 0 unspecified atom stereocenters. The van der Waals surface area contributed by atoms with Crippen molar-refractivity contribution in [2.24, 2.45) is 0 Å². The predicted octanol–water partition coefficient (Wildman–Crippen LogP) is 3.38. The van der Waals surface area contributed by atoms with Crippen LogP contribution >= 0.6 is 22.9 Å². The average molecular weight is 297 g/mol. The number of nitrogen functional groups attached to an aromatic ring is 1. The van der Waals surface area contributed by atoms with E-state index >= 15 is 0 Å². The van der Waals surface area contributed by atoms with Crippen LogP contribution < -0.4 is 11.1 Å². The summed E-state index contributed by atoms with van der Waals surface area (Å²) < 4.78 is 5.42. The van der Waals surface area contributed by atoms with Crippen molar-refractivity contribution in [3.05, 3.63) is 45.1 Å². The molecule has 0 amide bonds. The molecule has 6 heteroatoms. The number of carbonyl (C=O) groups excluding carboxylic acids is 1. The summed E-state index contributed by atoms with van der Waals surface area (Å²) in [5.41, 5.74) is 7.60. The van der Waals surface area contributed by atoms with Crippen molar-refractivity contribution in [3.63, 3.8) is 0 Å². The Morgan fingerprint density at radius 2 is 2.21 bits per heavy atom. The number of hydrogen-bond donors (Lipinski definition) is 2. The second kappa shape index (κ2) is 5.95. The number of nitrogens with two attached hydrogens (primary N) is 1. The maximum atomic E-state index is 11.4. The fourth-order valence-electron chi connectivity index (χ4n) is 1.58. The molecule has 1 aromatic heterocycles. The van der Waals surface area contributed by atoms with Crippen molar-refractivity contribution < 1.29 is 9.53 Å². The third-order valence-electron chi connectivity index (χ3n) is 2.56. The monoisotopic (exact) mass is 296 g/mol. The van der Waals surface area contributed by atoms with Crippen LogP contribution in [0.15, 0.2) is 30.3 Å². The zero-order valence-electron chi connectivity index (χ0n) is 10.3. The molecule has 100 valence electrons. The van der Waals surface area contributed by atoms with Gasteiger partial charge in [-0.15, -0.1) is 11.3 Å². The lowest BCUT2D eigenvalue weighted by Gasteiger charge is -2.09. The molecule has 3 N–H and O–H groups in total. The zero-order chi connectivity index (χ0) is 13.8. The molecule has 0 atom stereocenters. The number of methoxy groups -OCH3 is 1. The number of carbonyl (C=O) groups is 1. The standard InChI is InChI=1S/C13H13ClN2O2S/c1-18-13(17)8-2-4-10(15)11(6-8)16-7-9-3-5-12(14)19-9/h2-6,16H,7,15H2,1H3. The van der Waals surface area contributed by atoms with Crippen LogP contribution in [0.25, 0.3) is 0 Å². The Morgan fingerprint density at radius 3 is 2.84 bits per heavy atom. The molecule has 0 radical (unpaired) electrons. The fraction of sp³-hybridized carbons (Fsp3) is 0.154. The Bertz CT molecular complexity index is 598. The number of anilines is 2. The van der Waals surface area contributed by atoms with Gasteiger partial charge in [0, 0.05) is 11.4 Å². The molecule has 0 saturated heterocycles. The van der Waals surface area contributed by atoms with E-state index < -0.39 is 0 Å². The number of hydrogen-bond acceptors (Lipinski definition) is 5. The summed E-state index contributed by atoms with van der Waals surface area (Å²) in [5, 5.41) is 3.18. The Morgan fingerprint density at radius 1 is 1.42 bits per heavy atom. The van der Waals surface area contributed by atoms with Crippen LogP contribution in [0.2, 0.25) is 4.34 Å². The molecule has 0 fully saturated rings. The van der Waals surface area contributed by atoms with Gasteiger partial charge < -0.3 is 15.8 Å². The van der Waals surface area contributed by atoms with Crippen LogP contribution in [-0.4, -0.2) is 13.1 Å². The van der Waals surface area contributed by atoms with Gasteiger partial charge in [-0.1, -0.05) is 11.6 Å². The van der Waals surface area contributed by atoms with Crippen LogP contribution in [0.5, 0.6) is 0 Å². The first-order valence-electron chi connectivity index (χ1n) is 5.56. The first-order valence-corrected chi connectivity index (χ1v) is 6.75. The van der Waals surface area contributed by atoms with Gasteiger partial charge in [0.15, 0.2) is 0 Å². The van der Waals surface area contributed by atoms with E-state index in [4.69, 9.17) is 17.3 Å². The highest BCUT2D eigenvalue weighted by Gasteiger charge is 2.08. The Balaban J connectivity index is 2.12. The molecule has 0 aliphatic carbocycles. The number of esters is 1. The molecule has 19 heavy (non-hydrogen) atoms. The van der Waals surface area contributed by atoms with Crippen LogP contribution in [0.4, 0.5) is 11.4 Å². The van der Waals surface area contributed by atoms with Gasteiger partial charge in [0.25, 0.3) is 0 Å². The van der Waals surface area contributed by atoms with Gasteiger partial charge in [-0.05, 0) is 30.3 Å². The van der Waals surface area contributed by atoms with Crippen molar-refractivity contribution in [2.45, 2.75) is 6.54 Å². The van der Waals surface area contributed by atoms with Gasteiger partial charge >= 0.3 is 5.97 Å². The Hall–Kier alpha value is -1.72. The van der Waals surface area contributed by atoms with Crippen molar-refractivity contribution in [3.8, 4) is 0 Å². The third-order valence-corrected chi connectivity index (χ3v) is 3.79. The zero-order valence-corrected chi connectivity index (χ0v) is 11.8. The van der Waals surface area contributed by atoms with Crippen LogP contribution in [-0.2, 0) is 11.3 Å². The topological polar surface area (TPSA) is 64.3 Å².